The van der Waals surface area contributed by atoms with Crippen LogP contribution in [0.15, 0.2) is 94.5 Å². The number of hydrogen-bond acceptors (Lipinski definition) is 5. The first-order valence-corrected chi connectivity index (χ1v) is 8.29. The molecule has 0 aliphatic heterocycles. The minimum atomic E-state index is -0.429. The number of pyridine rings is 1. The number of aromatic nitrogens is 1. The van der Waals surface area contributed by atoms with E-state index in [4.69, 9.17) is 0 Å². The number of azo groups is 1. The van der Waals surface area contributed by atoms with Crippen molar-refractivity contribution in [3.63, 3.8) is 0 Å². The summed E-state index contributed by atoms with van der Waals surface area (Å²) in [6.07, 6.45) is 3.34. The number of nitrogens with zero attached hydrogens (tertiary/aromatic N) is 4. The summed E-state index contributed by atoms with van der Waals surface area (Å²) in [4.78, 5) is 15.9. The predicted octanol–water partition coefficient (Wildman–Crippen LogP) is 5.04. The lowest BCUT2D eigenvalue weighted by atomic mass is 10.2. The average molecular weight is 358 g/mol. The lowest BCUT2D eigenvalue weighted by Crippen LogP contribution is -2.25. The van der Waals surface area contributed by atoms with E-state index in [9.17, 15) is 4.79 Å². The molecule has 0 bridgehead atoms. The summed E-state index contributed by atoms with van der Waals surface area (Å²) in [7, 11) is 0. The van der Waals surface area contributed by atoms with Gasteiger partial charge in [0.25, 0.3) is 0 Å². The minimum absolute atomic E-state index is 0.429. The SMILES string of the molecule is CC(=NNC(=O)Nc1ccc(N=Nc2ccccc2)cc1)c1ccncc1. The Morgan fingerprint density at radius 2 is 1.48 bits per heavy atom. The van der Waals surface area contributed by atoms with E-state index in [1.165, 1.54) is 0 Å². The van der Waals surface area contributed by atoms with Gasteiger partial charge in [-0.05, 0) is 55.5 Å². The quantitative estimate of drug-likeness (QED) is 0.380. The maximum absolute atomic E-state index is 12.0. The summed E-state index contributed by atoms with van der Waals surface area (Å²) in [6, 6.07) is 19.7. The van der Waals surface area contributed by atoms with Gasteiger partial charge >= 0.3 is 6.03 Å². The van der Waals surface area contributed by atoms with Crippen molar-refractivity contribution in [2.24, 2.45) is 15.3 Å². The number of hydrazone groups is 1. The second-order valence-corrected chi connectivity index (χ2v) is 5.58. The fourth-order valence-electron chi connectivity index (χ4n) is 2.17. The zero-order valence-corrected chi connectivity index (χ0v) is 14.7. The van der Waals surface area contributed by atoms with Crippen LogP contribution in [0.1, 0.15) is 12.5 Å². The Labute approximate surface area is 156 Å². The van der Waals surface area contributed by atoms with Gasteiger partial charge in [0.05, 0.1) is 17.1 Å². The molecule has 0 aliphatic carbocycles. The van der Waals surface area contributed by atoms with Crippen molar-refractivity contribution in [2.45, 2.75) is 6.92 Å². The highest BCUT2D eigenvalue weighted by molar-refractivity contribution is 5.99. The maximum atomic E-state index is 12.0. The Balaban J connectivity index is 1.55. The first kappa shape index (κ1) is 17.9. The van der Waals surface area contributed by atoms with E-state index in [1.54, 1.807) is 36.7 Å². The molecule has 1 aromatic heterocycles. The van der Waals surface area contributed by atoms with E-state index >= 15 is 0 Å². The van der Waals surface area contributed by atoms with Gasteiger partial charge in [-0.2, -0.15) is 15.3 Å². The molecule has 0 spiro atoms. The summed E-state index contributed by atoms with van der Waals surface area (Å²) in [5, 5.41) is 15.1. The van der Waals surface area contributed by atoms with Crippen LogP contribution in [0.25, 0.3) is 0 Å². The monoisotopic (exact) mass is 358 g/mol. The third-order valence-electron chi connectivity index (χ3n) is 3.59. The molecule has 0 atom stereocenters. The van der Waals surface area contributed by atoms with E-state index in [-0.39, 0.29) is 0 Å². The second kappa shape index (κ2) is 9.00. The van der Waals surface area contributed by atoms with Gasteiger partial charge in [-0.25, -0.2) is 10.2 Å². The van der Waals surface area contributed by atoms with Crippen molar-refractivity contribution >= 4 is 28.8 Å². The number of amides is 2. The van der Waals surface area contributed by atoms with Crippen molar-refractivity contribution in [3.05, 3.63) is 84.7 Å². The lowest BCUT2D eigenvalue weighted by Gasteiger charge is -2.05. The van der Waals surface area contributed by atoms with Crippen LogP contribution < -0.4 is 10.7 Å². The van der Waals surface area contributed by atoms with Crippen LogP contribution >= 0.6 is 0 Å². The number of carbonyl (C=O) groups excluding carboxylic acids is 1. The molecule has 1 heterocycles. The largest absolute Gasteiger partial charge is 0.339 e. The zero-order valence-electron chi connectivity index (χ0n) is 14.7. The third kappa shape index (κ3) is 5.57. The summed E-state index contributed by atoms with van der Waals surface area (Å²) in [5.41, 5.74) is 6.14. The van der Waals surface area contributed by atoms with Gasteiger partial charge in [0, 0.05) is 23.6 Å². The molecule has 27 heavy (non-hydrogen) atoms. The van der Waals surface area contributed by atoms with Gasteiger partial charge in [0.1, 0.15) is 0 Å². The molecule has 7 nitrogen and oxygen atoms in total. The van der Waals surface area contributed by atoms with E-state index in [0.717, 1.165) is 11.3 Å². The smallest absolute Gasteiger partial charge is 0.307 e. The first-order valence-electron chi connectivity index (χ1n) is 8.29. The van der Waals surface area contributed by atoms with Crippen LogP contribution in [0.5, 0.6) is 0 Å². The molecule has 2 aromatic carbocycles. The molecular formula is C20H18N6O. The molecule has 0 aliphatic rings. The lowest BCUT2D eigenvalue weighted by molar-refractivity contribution is 0.252. The van der Waals surface area contributed by atoms with Crippen LogP contribution in [0.4, 0.5) is 21.9 Å². The first-order chi connectivity index (χ1) is 13.2. The van der Waals surface area contributed by atoms with Gasteiger partial charge in [-0.15, -0.1) is 0 Å². The molecule has 0 saturated carbocycles. The molecule has 7 heteroatoms. The Hall–Kier alpha value is -3.87. The van der Waals surface area contributed by atoms with Gasteiger partial charge < -0.3 is 5.32 Å². The Morgan fingerprint density at radius 1 is 0.852 bits per heavy atom. The van der Waals surface area contributed by atoms with Gasteiger partial charge in [-0.3, -0.25) is 4.98 Å². The second-order valence-electron chi connectivity index (χ2n) is 5.58. The molecule has 0 fully saturated rings. The zero-order chi connectivity index (χ0) is 18.9. The predicted molar refractivity (Wildman–Crippen MR) is 106 cm³/mol. The number of carbonyl (C=O) groups is 1. The molecule has 2 amide bonds. The Morgan fingerprint density at radius 3 is 2.15 bits per heavy atom. The van der Waals surface area contributed by atoms with E-state index in [1.807, 2.05) is 49.4 Å². The number of urea groups is 1. The van der Waals surface area contributed by atoms with Gasteiger partial charge in [0.15, 0.2) is 0 Å². The van der Waals surface area contributed by atoms with Crippen LogP contribution in [-0.4, -0.2) is 16.7 Å². The van der Waals surface area contributed by atoms with E-state index in [0.29, 0.717) is 17.1 Å². The molecule has 2 N–H and O–H groups in total. The average Bonchev–Trinajstić information content (AvgIpc) is 2.73. The van der Waals surface area contributed by atoms with Crippen molar-refractivity contribution in [2.75, 3.05) is 5.32 Å². The van der Waals surface area contributed by atoms with Crippen molar-refractivity contribution < 1.29 is 4.79 Å². The molecule has 0 unspecified atom stereocenters. The van der Waals surface area contributed by atoms with Crippen LogP contribution in [0, 0.1) is 0 Å². The molecule has 3 aromatic rings. The number of hydrogen-bond donors (Lipinski definition) is 2. The summed E-state index contributed by atoms with van der Waals surface area (Å²) in [6.45, 7) is 1.81. The van der Waals surface area contributed by atoms with E-state index < -0.39 is 6.03 Å². The highest BCUT2D eigenvalue weighted by atomic mass is 16.2. The Kier molecular flexibility index (Phi) is 5.98. The minimum Gasteiger partial charge on any atom is -0.307 e. The number of benzene rings is 2. The summed E-state index contributed by atoms with van der Waals surface area (Å²) >= 11 is 0. The van der Waals surface area contributed by atoms with Gasteiger partial charge in [0.2, 0.25) is 0 Å². The van der Waals surface area contributed by atoms with Crippen LogP contribution in [-0.2, 0) is 0 Å². The topological polar surface area (TPSA) is 91.1 Å². The highest BCUT2D eigenvalue weighted by Gasteiger charge is 2.02. The molecular weight excluding hydrogens is 340 g/mol. The van der Waals surface area contributed by atoms with Gasteiger partial charge in [-0.1, -0.05) is 18.2 Å². The molecule has 0 saturated heterocycles. The number of rotatable bonds is 5. The third-order valence-corrected chi connectivity index (χ3v) is 3.59. The van der Waals surface area contributed by atoms with Crippen molar-refractivity contribution in [1.29, 1.82) is 0 Å². The molecule has 0 radical (unpaired) electrons. The van der Waals surface area contributed by atoms with Crippen LogP contribution in [0.3, 0.4) is 0 Å². The van der Waals surface area contributed by atoms with Crippen molar-refractivity contribution in [1.82, 2.24) is 10.4 Å². The Bertz CT molecular complexity index is 937. The normalized spacial score (nSPS) is 11.4. The summed E-state index contributed by atoms with van der Waals surface area (Å²) < 4.78 is 0. The van der Waals surface area contributed by atoms with E-state index in [2.05, 4.69) is 31.1 Å². The standard InChI is InChI=1S/C20H18N6O/c1-15(16-11-13-21-14-12-16)23-26-20(27)22-17-7-9-19(10-8-17)25-24-18-5-3-2-4-6-18/h2-14H,1H3,(H2,22,26,27). The molecule has 134 valence electrons. The van der Waals surface area contributed by atoms with Crippen molar-refractivity contribution in [3.8, 4) is 0 Å². The summed E-state index contributed by atoms with van der Waals surface area (Å²) in [5.74, 6) is 0. The fraction of sp³-hybridized carbons (Fsp3) is 0.0500. The highest BCUT2D eigenvalue weighted by Crippen LogP contribution is 2.19. The molecule has 3 rings (SSSR count). The maximum Gasteiger partial charge on any atom is 0.339 e. The fourth-order valence-corrected chi connectivity index (χ4v) is 2.17. The van der Waals surface area contributed by atoms with Crippen LogP contribution in [0.2, 0.25) is 0 Å². The number of nitrogens with one attached hydrogen (secondary N) is 2. The number of anilines is 1.